The summed E-state index contributed by atoms with van der Waals surface area (Å²) >= 11 is 0. The molecule has 2 aromatic carbocycles. The molecule has 2 fully saturated rings. The maximum Gasteiger partial charge on any atom is 0.254 e. The van der Waals surface area contributed by atoms with Gasteiger partial charge in [0.1, 0.15) is 23.7 Å². The second-order valence-electron chi connectivity index (χ2n) is 8.50. The summed E-state index contributed by atoms with van der Waals surface area (Å²) in [5, 5.41) is 5.44. The summed E-state index contributed by atoms with van der Waals surface area (Å²) in [6.45, 7) is 0.751. The van der Waals surface area contributed by atoms with E-state index in [1.165, 1.54) is 35.1 Å². The molecule has 0 saturated carbocycles. The van der Waals surface area contributed by atoms with Gasteiger partial charge in [0.15, 0.2) is 0 Å². The van der Waals surface area contributed by atoms with E-state index in [1.54, 1.807) is 24.3 Å². The van der Waals surface area contributed by atoms with Crippen LogP contribution < -0.4 is 15.4 Å². The van der Waals surface area contributed by atoms with Gasteiger partial charge in [-0.15, -0.1) is 0 Å². The molecule has 10 heteroatoms. The van der Waals surface area contributed by atoms with Crippen LogP contribution in [-0.4, -0.2) is 78.8 Å². The predicted molar refractivity (Wildman–Crippen MR) is 124 cm³/mol. The Morgan fingerprint density at radius 1 is 1.06 bits per heavy atom. The van der Waals surface area contributed by atoms with Gasteiger partial charge in [0, 0.05) is 30.8 Å². The molecule has 0 unspecified atom stereocenters. The highest BCUT2D eigenvalue weighted by Gasteiger charge is 2.39. The van der Waals surface area contributed by atoms with Crippen molar-refractivity contribution in [3.8, 4) is 5.75 Å². The van der Waals surface area contributed by atoms with Gasteiger partial charge in [0.2, 0.25) is 11.8 Å². The summed E-state index contributed by atoms with van der Waals surface area (Å²) < 4.78 is 18.9. The van der Waals surface area contributed by atoms with E-state index >= 15 is 0 Å². The van der Waals surface area contributed by atoms with Gasteiger partial charge in [-0.25, -0.2) is 4.39 Å². The molecule has 9 nitrogen and oxygen atoms in total. The number of carbonyl (C=O) groups is 4. The average Bonchev–Trinajstić information content (AvgIpc) is 2.89. The Hall–Kier alpha value is -3.95. The minimum Gasteiger partial charge on any atom is -0.497 e. The highest BCUT2D eigenvalue weighted by atomic mass is 19.1. The minimum atomic E-state index is -1.04. The fourth-order valence-electron chi connectivity index (χ4n) is 4.32. The van der Waals surface area contributed by atoms with Gasteiger partial charge in [-0.05, 0) is 55.3 Å². The molecule has 0 aliphatic carbocycles. The molecule has 35 heavy (non-hydrogen) atoms. The molecule has 2 atom stereocenters. The molecule has 184 valence electrons. The Labute approximate surface area is 202 Å². The zero-order chi connectivity index (χ0) is 24.9. The third-order valence-corrected chi connectivity index (χ3v) is 6.24. The van der Waals surface area contributed by atoms with Crippen molar-refractivity contribution >= 4 is 23.6 Å². The Balaban J connectivity index is 1.56. The van der Waals surface area contributed by atoms with E-state index in [0.717, 1.165) is 12.5 Å². The summed E-state index contributed by atoms with van der Waals surface area (Å²) in [4.78, 5) is 54.7. The number of halogens is 1. The van der Waals surface area contributed by atoms with Crippen LogP contribution in [0.3, 0.4) is 0 Å². The molecule has 2 aliphatic rings. The summed E-state index contributed by atoms with van der Waals surface area (Å²) in [7, 11) is 1.53. The maximum atomic E-state index is 13.8. The zero-order valence-electron chi connectivity index (χ0n) is 19.3. The number of nitrogens with zero attached hydrogens (tertiary/aromatic N) is 2. The Morgan fingerprint density at radius 2 is 1.83 bits per heavy atom. The number of ether oxygens (including phenoxy) is 1. The molecule has 4 amide bonds. The summed E-state index contributed by atoms with van der Waals surface area (Å²) in [6, 6.07) is 10.1. The number of hydrogen-bond donors (Lipinski definition) is 2. The van der Waals surface area contributed by atoms with Gasteiger partial charge < -0.3 is 25.2 Å². The lowest BCUT2D eigenvalue weighted by Crippen LogP contribution is -2.63. The van der Waals surface area contributed by atoms with Crippen LogP contribution in [0.1, 0.15) is 33.6 Å². The highest BCUT2D eigenvalue weighted by Crippen LogP contribution is 2.19. The Kier molecular flexibility index (Phi) is 7.28. The number of hydrogen-bond acceptors (Lipinski definition) is 5. The lowest BCUT2D eigenvalue weighted by atomic mass is 10.0. The first-order valence-corrected chi connectivity index (χ1v) is 11.5. The second kappa shape index (κ2) is 10.5. The molecule has 0 radical (unpaired) electrons. The second-order valence-corrected chi connectivity index (χ2v) is 8.50. The minimum absolute atomic E-state index is 0.0634. The van der Waals surface area contributed by atoms with Crippen molar-refractivity contribution < 1.29 is 28.3 Å². The largest absolute Gasteiger partial charge is 0.497 e. The molecular formula is C25H27FN4O5. The van der Waals surface area contributed by atoms with Crippen LogP contribution in [-0.2, 0) is 9.59 Å². The number of amides is 4. The number of benzene rings is 2. The molecule has 0 aromatic heterocycles. The highest BCUT2D eigenvalue weighted by molar-refractivity contribution is 6.00. The standard InChI is InChI=1S/C25H27FN4O5/c1-35-19-9-7-16(8-10-19)24(33)29-12-13-30(25(34)17-4-2-5-18(26)14-17)21(15-29)23(32)28-20-6-3-11-27-22(20)31/h2,4-5,7-10,14,20-21H,3,6,11-13,15H2,1H3,(H,27,31)(H,28,32)/t20-,21-/m0/s1. The van der Waals surface area contributed by atoms with E-state index in [1.807, 2.05) is 0 Å². The summed E-state index contributed by atoms with van der Waals surface area (Å²) in [5.74, 6) is -1.59. The van der Waals surface area contributed by atoms with Crippen molar-refractivity contribution in [2.75, 3.05) is 33.3 Å². The molecule has 2 aromatic rings. The number of methoxy groups -OCH3 is 1. The predicted octanol–water partition coefficient (Wildman–Crippen LogP) is 1.20. The van der Waals surface area contributed by atoms with Crippen LogP contribution in [0.15, 0.2) is 48.5 Å². The third-order valence-electron chi connectivity index (χ3n) is 6.24. The monoisotopic (exact) mass is 482 g/mol. The van der Waals surface area contributed by atoms with Crippen molar-refractivity contribution in [2.45, 2.75) is 24.9 Å². The fourth-order valence-corrected chi connectivity index (χ4v) is 4.32. The van der Waals surface area contributed by atoms with Crippen LogP contribution >= 0.6 is 0 Å². The number of piperazine rings is 1. The molecule has 0 bridgehead atoms. The quantitative estimate of drug-likeness (QED) is 0.666. The van der Waals surface area contributed by atoms with Crippen molar-refractivity contribution in [1.82, 2.24) is 20.4 Å². The fraction of sp³-hybridized carbons (Fsp3) is 0.360. The van der Waals surface area contributed by atoms with Gasteiger partial charge in [0.05, 0.1) is 13.7 Å². The lowest BCUT2D eigenvalue weighted by molar-refractivity contribution is -0.133. The number of rotatable bonds is 5. The Bertz CT molecular complexity index is 1120. The van der Waals surface area contributed by atoms with Crippen molar-refractivity contribution in [1.29, 1.82) is 0 Å². The Morgan fingerprint density at radius 3 is 2.51 bits per heavy atom. The van der Waals surface area contributed by atoms with Gasteiger partial charge in [-0.1, -0.05) is 6.07 Å². The van der Waals surface area contributed by atoms with Gasteiger partial charge in [-0.3, -0.25) is 19.2 Å². The molecule has 2 heterocycles. The van der Waals surface area contributed by atoms with E-state index in [2.05, 4.69) is 10.6 Å². The molecule has 2 N–H and O–H groups in total. The molecule has 0 spiro atoms. The third kappa shape index (κ3) is 5.42. The van der Waals surface area contributed by atoms with E-state index in [-0.39, 0.29) is 37.0 Å². The van der Waals surface area contributed by atoms with Crippen LogP contribution in [0, 0.1) is 5.82 Å². The number of carbonyl (C=O) groups excluding carboxylic acids is 4. The van der Waals surface area contributed by atoms with Crippen LogP contribution in [0.4, 0.5) is 4.39 Å². The van der Waals surface area contributed by atoms with Crippen LogP contribution in [0.25, 0.3) is 0 Å². The topological polar surface area (TPSA) is 108 Å². The maximum absolute atomic E-state index is 13.8. The SMILES string of the molecule is COc1ccc(C(=O)N2CCN(C(=O)c3cccc(F)c3)[C@H](C(=O)N[C@H]3CCCNC3=O)C2)cc1. The summed E-state index contributed by atoms with van der Waals surface area (Å²) in [6.07, 6.45) is 1.20. The molecule has 4 rings (SSSR count). The van der Waals surface area contributed by atoms with E-state index < -0.39 is 29.7 Å². The summed E-state index contributed by atoms with van der Waals surface area (Å²) in [5.41, 5.74) is 0.523. The van der Waals surface area contributed by atoms with Gasteiger partial charge >= 0.3 is 0 Å². The number of piperidine rings is 1. The first-order valence-electron chi connectivity index (χ1n) is 11.5. The first-order chi connectivity index (χ1) is 16.9. The van der Waals surface area contributed by atoms with E-state index in [0.29, 0.717) is 24.3 Å². The molecule has 2 aliphatic heterocycles. The van der Waals surface area contributed by atoms with Crippen LogP contribution in [0.5, 0.6) is 5.75 Å². The van der Waals surface area contributed by atoms with Crippen LogP contribution in [0.2, 0.25) is 0 Å². The van der Waals surface area contributed by atoms with E-state index in [4.69, 9.17) is 4.74 Å². The molecular weight excluding hydrogens is 455 g/mol. The smallest absolute Gasteiger partial charge is 0.254 e. The average molecular weight is 483 g/mol. The van der Waals surface area contributed by atoms with Gasteiger partial charge in [-0.2, -0.15) is 0 Å². The first kappa shape index (κ1) is 24.2. The van der Waals surface area contributed by atoms with Gasteiger partial charge in [0.25, 0.3) is 11.8 Å². The van der Waals surface area contributed by atoms with Crippen molar-refractivity contribution in [3.05, 3.63) is 65.5 Å². The zero-order valence-corrected chi connectivity index (χ0v) is 19.3. The normalized spacial score (nSPS) is 20.1. The molecule has 2 saturated heterocycles. The van der Waals surface area contributed by atoms with E-state index in [9.17, 15) is 23.6 Å². The van der Waals surface area contributed by atoms with Crippen molar-refractivity contribution in [3.63, 3.8) is 0 Å². The number of nitrogens with one attached hydrogen (secondary N) is 2. The van der Waals surface area contributed by atoms with Crippen molar-refractivity contribution in [2.24, 2.45) is 0 Å². The lowest BCUT2D eigenvalue weighted by Gasteiger charge is -2.41.